The van der Waals surface area contributed by atoms with Gasteiger partial charge in [0.1, 0.15) is 0 Å². The Balaban J connectivity index is 2.24. The molecule has 0 amide bonds. The maximum absolute atomic E-state index is 14.4. The SMILES string of the molecule is CCOC(=O)C1(C(=O)c2ccccc2)c2c(ccc3ccccc23)NC1(C(=O)OC)C(=O)OC. The van der Waals surface area contributed by atoms with Crippen LogP contribution in [0, 0.1) is 0 Å². The number of esters is 3. The molecule has 34 heavy (non-hydrogen) atoms. The van der Waals surface area contributed by atoms with Crippen molar-refractivity contribution in [3.8, 4) is 0 Å². The van der Waals surface area contributed by atoms with Gasteiger partial charge >= 0.3 is 17.9 Å². The van der Waals surface area contributed by atoms with Crippen LogP contribution in [0.1, 0.15) is 22.8 Å². The molecular weight excluding hydrogens is 438 g/mol. The summed E-state index contributed by atoms with van der Waals surface area (Å²) in [6.07, 6.45) is 0. The van der Waals surface area contributed by atoms with Crippen LogP contribution in [0.3, 0.4) is 0 Å². The van der Waals surface area contributed by atoms with E-state index in [4.69, 9.17) is 14.2 Å². The summed E-state index contributed by atoms with van der Waals surface area (Å²) in [6.45, 7) is 1.48. The molecule has 8 heteroatoms. The first-order chi connectivity index (χ1) is 16.4. The summed E-state index contributed by atoms with van der Waals surface area (Å²) in [6, 6.07) is 18.4. The van der Waals surface area contributed by atoms with E-state index in [0.29, 0.717) is 10.8 Å². The van der Waals surface area contributed by atoms with Crippen LogP contribution in [0.15, 0.2) is 66.7 Å². The van der Waals surface area contributed by atoms with Gasteiger partial charge in [-0.25, -0.2) is 9.59 Å². The molecule has 1 unspecified atom stereocenters. The van der Waals surface area contributed by atoms with Gasteiger partial charge in [0, 0.05) is 16.8 Å². The Bertz CT molecular complexity index is 1290. The molecule has 4 rings (SSSR count). The Morgan fingerprint density at radius 2 is 1.41 bits per heavy atom. The van der Waals surface area contributed by atoms with Crippen molar-refractivity contribution in [2.45, 2.75) is 17.9 Å². The van der Waals surface area contributed by atoms with Crippen molar-refractivity contribution in [1.82, 2.24) is 0 Å². The Hall–Kier alpha value is -4.20. The van der Waals surface area contributed by atoms with E-state index in [2.05, 4.69) is 5.32 Å². The fourth-order valence-electron chi connectivity index (χ4n) is 4.74. The highest BCUT2D eigenvalue weighted by molar-refractivity contribution is 6.32. The van der Waals surface area contributed by atoms with Gasteiger partial charge in [-0.15, -0.1) is 0 Å². The standard InChI is InChI=1S/C26H23NO7/c1-4-34-22(29)25(21(28)17-11-6-5-7-12-17)20-18-13-9-8-10-16(18)14-15-19(20)27-26(25,23(30)32-2)24(31)33-3/h5-15,27H,4H2,1-3H3. The number of rotatable bonds is 6. The van der Waals surface area contributed by atoms with Gasteiger partial charge in [0.05, 0.1) is 20.8 Å². The third kappa shape index (κ3) is 2.91. The zero-order chi connectivity index (χ0) is 24.5. The molecule has 0 bridgehead atoms. The summed E-state index contributed by atoms with van der Waals surface area (Å²) in [7, 11) is 2.14. The lowest BCUT2D eigenvalue weighted by Crippen LogP contribution is -2.70. The Kier molecular flexibility index (Phi) is 5.83. The second-order valence-electron chi connectivity index (χ2n) is 7.73. The molecule has 3 aromatic carbocycles. The molecule has 0 aliphatic carbocycles. The number of Topliss-reactive ketones (excluding diaryl/α,β-unsaturated/α-hetero) is 1. The quantitative estimate of drug-likeness (QED) is 0.258. The number of nitrogens with one attached hydrogen (secondary N) is 1. The van der Waals surface area contributed by atoms with Gasteiger partial charge in [0.25, 0.3) is 5.54 Å². The molecule has 1 aliphatic heterocycles. The van der Waals surface area contributed by atoms with Crippen LogP contribution in [0.25, 0.3) is 10.8 Å². The van der Waals surface area contributed by atoms with Gasteiger partial charge < -0.3 is 19.5 Å². The van der Waals surface area contributed by atoms with Gasteiger partial charge in [0.15, 0.2) is 5.78 Å². The molecule has 1 aliphatic rings. The van der Waals surface area contributed by atoms with E-state index in [1.807, 2.05) is 0 Å². The number of hydrogen-bond acceptors (Lipinski definition) is 8. The van der Waals surface area contributed by atoms with E-state index in [1.165, 1.54) is 12.1 Å². The van der Waals surface area contributed by atoms with Crippen LogP contribution in [-0.4, -0.2) is 50.1 Å². The number of ketones is 1. The van der Waals surface area contributed by atoms with E-state index in [9.17, 15) is 19.2 Å². The largest absolute Gasteiger partial charge is 0.467 e. The minimum Gasteiger partial charge on any atom is -0.467 e. The monoisotopic (exact) mass is 461 g/mol. The summed E-state index contributed by atoms with van der Waals surface area (Å²) in [5.41, 5.74) is -4.54. The summed E-state index contributed by atoms with van der Waals surface area (Å²) < 4.78 is 15.4. The average Bonchev–Trinajstić information content (AvgIpc) is 3.21. The van der Waals surface area contributed by atoms with E-state index >= 15 is 0 Å². The summed E-state index contributed by atoms with van der Waals surface area (Å²) in [4.78, 5) is 55.2. The highest BCUT2D eigenvalue weighted by Gasteiger charge is 2.77. The highest BCUT2D eigenvalue weighted by Crippen LogP contribution is 2.54. The molecular formula is C26H23NO7. The zero-order valence-corrected chi connectivity index (χ0v) is 18.9. The third-order valence-electron chi connectivity index (χ3n) is 6.13. The van der Waals surface area contributed by atoms with E-state index in [0.717, 1.165) is 14.2 Å². The summed E-state index contributed by atoms with van der Waals surface area (Å²) in [5, 5.41) is 4.05. The lowest BCUT2D eigenvalue weighted by Gasteiger charge is -2.38. The molecule has 8 nitrogen and oxygen atoms in total. The number of hydrogen-bond donors (Lipinski definition) is 1. The number of ether oxygens (including phenoxy) is 3. The van der Waals surface area contributed by atoms with Crippen LogP contribution < -0.4 is 5.32 Å². The van der Waals surface area contributed by atoms with Crippen LogP contribution in [0.5, 0.6) is 0 Å². The van der Waals surface area contributed by atoms with Crippen molar-refractivity contribution in [2.24, 2.45) is 0 Å². The molecule has 1 N–H and O–H groups in total. The maximum atomic E-state index is 14.4. The first-order valence-corrected chi connectivity index (χ1v) is 10.6. The summed E-state index contributed by atoms with van der Waals surface area (Å²) >= 11 is 0. The normalized spacial score (nSPS) is 17.9. The second kappa shape index (κ2) is 8.62. The van der Waals surface area contributed by atoms with Gasteiger partial charge in [0.2, 0.25) is 5.41 Å². The van der Waals surface area contributed by atoms with Gasteiger partial charge in [-0.1, -0.05) is 60.7 Å². The maximum Gasteiger partial charge on any atom is 0.345 e. The van der Waals surface area contributed by atoms with E-state index in [-0.39, 0.29) is 23.4 Å². The second-order valence-corrected chi connectivity index (χ2v) is 7.73. The van der Waals surface area contributed by atoms with Crippen LogP contribution in [-0.2, 0) is 34.0 Å². The van der Waals surface area contributed by atoms with Gasteiger partial charge in [-0.2, -0.15) is 0 Å². The number of methoxy groups -OCH3 is 2. The molecule has 0 fully saturated rings. The first kappa shape index (κ1) is 23.0. The smallest absolute Gasteiger partial charge is 0.345 e. The Morgan fingerprint density at radius 1 is 0.794 bits per heavy atom. The van der Waals surface area contributed by atoms with E-state index < -0.39 is 34.6 Å². The van der Waals surface area contributed by atoms with Crippen molar-refractivity contribution >= 4 is 40.2 Å². The van der Waals surface area contributed by atoms with Crippen molar-refractivity contribution in [3.05, 3.63) is 77.9 Å². The predicted octanol–water partition coefficient (Wildman–Crippen LogP) is 3.03. The van der Waals surface area contributed by atoms with Crippen molar-refractivity contribution in [3.63, 3.8) is 0 Å². The minimum atomic E-state index is -2.57. The lowest BCUT2D eigenvalue weighted by atomic mass is 9.62. The molecule has 0 saturated heterocycles. The van der Waals surface area contributed by atoms with Crippen molar-refractivity contribution in [1.29, 1.82) is 0 Å². The van der Waals surface area contributed by atoms with Crippen molar-refractivity contribution in [2.75, 3.05) is 26.1 Å². The molecule has 0 aromatic heterocycles. The molecule has 1 atom stereocenters. The zero-order valence-electron chi connectivity index (χ0n) is 18.9. The number of carbonyl (C=O) groups excluding carboxylic acids is 4. The fraction of sp³-hybridized carbons (Fsp3) is 0.231. The van der Waals surface area contributed by atoms with Crippen molar-refractivity contribution < 1.29 is 33.4 Å². The number of benzene rings is 3. The molecule has 1 heterocycles. The fourth-order valence-corrected chi connectivity index (χ4v) is 4.74. The Labute approximate surface area is 195 Å². The van der Waals surface area contributed by atoms with Crippen LogP contribution in [0.2, 0.25) is 0 Å². The number of fused-ring (bicyclic) bond motifs is 3. The minimum absolute atomic E-state index is 0.0961. The van der Waals surface area contributed by atoms with E-state index in [1.54, 1.807) is 61.5 Å². The third-order valence-corrected chi connectivity index (χ3v) is 6.13. The molecule has 0 saturated carbocycles. The molecule has 174 valence electrons. The number of anilines is 1. The predicted molar refractivity (Wildman–Crippen MR) is 123 cm³/mol. The molecule has 0 radical (unpaired) electrons. The highest BCUT2D eigenvalue weighted by atomic mass is 16.6. The lowest BCUT2D eigenvalue weighted by molar-refractivity contribution is -0.169. The van der Waals surface area contributed by atoms with Gasteiger partial charge in [-0.3, -0.25) is 9.59 Å². The average molecular weight is 461 g/mol. The first-order valence-electron chi connectivity index (χ1n) is 10.6. The van der Waals surface area contributed by atoms with Gasteiger partial charge in [-0.05, 0) is 23.8 Å². The Morgan fingerprint density at radius 3 is 2.03 bits per heavy atom. The summed E-state index contributed by atoms with van der Waals surface area (Å²) in [5.74, 6) is -4.18. The number of carbonyl (C=O) groups is 4. The van der Waals surface area contributed by atoms with Crippen LogP contribution >= 0.6 is 0 Å². The topological polar surface area (TPSA) is 108 Å². The van der Waals surface area contributed by atoms with Crippen LogP contribution in [0.4, 0.5) is 5.69 Å². The molecule has 3 aromatic rings. The molecule has 0 spiro atoms.